The van der Waals surface area contributed by atoms with E-state index in [1.165, 1.54) is 18.4 Å². The second-order valence-electron chi connectivity index (χ2n) is 8.23. The minimum Gasteiger partial charge on any atom is -0.342 e. The third-order valence-electron chi connectivity index (χ3n) is 6.55. The lowest BCUT2D eigenvalue weighted by Gasteiger charge is -2.36. The lowest BCUT2D eigenvalue weighted by Crippen LogP contribution is -2.47. The Morgan fingerprint density at radius 1 is 1.37 bits per heavy atom. The number of thiophene rings is 1. The second-order valence-corrected chi connectivity index (χ2v) is 9.01. The van der Waals surface area contributed by atoms with Crippen molar-refractivity contribution in [1.82, 2.24) is 15.1 Å². The Kier molecular flexibility index (Phi) is 6.49. The Morgan fingerprint density at radius 2 is 2.15 bits per heavy atom. The Bertz CT molecular complexity index is 660. The van der Waals surface area contributed by atoms with E-state index in [4.69, 9.17) is 0 Å². The van der Waals surface area contributed by atoms with Crippen molar-refractivity contribution < 1.29 is 9.59 Å². The van der Waals surface area contributed by atoms with E-state index in [0.29, 0.717) is 18.0 Å². The lowest BCUT2D eigenvalue weighted by atomic mass is 9.92. The summed E-state index contributed by atoms with van der Waals surface area (Å²) < 4.78 is 0. The van der Waals surface area contributed by atoms with Gasteiger partial charge in [0.15, 0.2) is 0 Å². The lowest BCUT2D eigenvalue weighted by molar-refractivity contribution is -0.141. The summed E-state index contributed by atoms with van der Waals surface area (Å²) in [7, 11) is 0. The topological polar surface area (TPSA) is 52.7 Å². The molecular formula is C20H30ClN3O2S. The Balaban J connectivity index is 0.00000210. The van der Waals surface area contributed by atoms with Crippen molar-refractivity contribution >= 4 is 35.6 Å². The fourth-order valence-electron chi connectivity index (χ4n) is 4.85. The third kappa shape index (κ3) is 4.33. The molecule has 150 valence electrons. The smallest absolute Gasteiger partial charge is 0.228 e. The molecule has 1 N–H and O–H groups in total. The van der Waals surface area contributed by atoms with Crippen molar-refractivity contribution in [2.75, 3.05) is 26.2 Å². The van der Waals surface area contributed by atoms with E-state index in [1.807, 2.05) is 4.90 Å². The molecule has 1 aliphatic carbocycles. The molecule has 7 heteroatoms. The largest absolute Gasteiger partial charge is 0.342 e. The van der Waals surface area contributed by atoms with Crippen LogP contribution in [0.5, 0.6) is 0 Å². The van der Waals surface area contributed by atoms with Crippen LogP contribution in [-0.2, 0) is 16.1 Å². The van der Waals surface area contributed by atoms with Gasteiger partial charge in [-0.2, -0.15) is 11.3 Å². The third-order valence-corrected chi connectivity index (χ3v) is 7.29. The molecule has 0 aromatic carbocycles. The maximum Gasteiger partial charge on any atom is 0.228 e. The monoisotopic (exact) mass is 411 g/mol. The van der Waals surface area contributed by atoms with Crippen molar-refractivity contribution in [2.24, 2.45) is 11.3 Å². The maximum absolute atomic E-state index is 13.5. The molecule has 4 rings (SSSR count). The first-order valence-electron chi connectivity index (χ1n) is 9.87. The summed E-state index contributed by atoms with van der Waals surface area (Å²) in [4.78, 5) is 29.3. The molecule has 3 fully saturated rings. The molecule has 2 atom stereocenters. The molecule has 2 amide bonds. The highest BCUT2D eigenvalue weighted by Gasteiger charge is 2.58. The minimum atomic E-state index is -0.0364. The average Bonchev–Trinajstić information content (AvgIpc) is 3.08. The molecular weight excluding hydrogens is 382 g/mol. The summed E-state index contributed by atoms with van der Waals surface area (Å²) in [6.45, 7) is 5.86. The van der Waals surface area contributed by atoms with Crippen LogP contribution in [0.4, 0.5) is 0 Å². The highest BCUT2D eigenvalue weighted by atomic mass is 35.5. The molecule has 2 saturated heterocycles. The van der Waals surface area contributed by atoms with Gasteiger partial charge in [-0.15, -0.1) is 12.4 Å². The van der Waals surface area contributed by atoms with Crippen LogP contribution in [0.2, 0.25) is 0 Å². The molecule has 1 aromatic rings. The zero-order chi connectivity index (χ0) is 18.1. The Hall–Kier alpha value is -1.11. The summed E-state index contributed by atoms with van der Waals surface area (Å²) in [5.41, 5.74) is 1.57. The minimum absolute atomic E-state index is 0. The quantitative estimate of drug-likeness (QED) is 0.828. The molecule has 1 spiro atoms. The highest BCUT2D eigenvalue weighted by Crippen LogP contribution is 2.56. The van der Waals surface area contributed by atoms with Crippen molar-refractivity contribution in [3.05, 3.63) is 22.4 Å². The van der Waals surface area contributed by atoms with Crippen molar-refractivity contribution in [2.45, 2.75) is 51.6 Å². The number of carbonyl (C=O) groups is 2. The highest BCUT2D eigenvalue weighted by molar-refractivity contribution is 7.07. The first kappa shape index (κ1) is 20.6. The zero-order valence-corrected chi connectivity index (χ0v) is 17.6. The number of amides is 2. The van der Waals surface area contributed by atoms with Crippen LogP contribution in [0.1, 0.15) is 44.6 Å². The maximum atomic E-state index is 13.5. The van der Waals surface area contributed by atoms with Crippen molar-refractivity contribution in [3.8, 4) is 0 Å². The van der Waals surface area contributed by atoms with E-state index in [1.54, 1.807) is 18.3 Å². The number of carbonyl (C=O) groups excluding carboxylic acids is 2. The molecule has 0 radical (unpaired) electrons. The van der Waals surface area contributed by atoms with Gasteiger partial charge in [-0.05, 0) is 73.0 Å². The van der Waals surface area contributed by atoms with Gasteiger partial charge in [-0.1, -0.05) is 0 Å². The summed E-state index contributed by atoms with van der Waals surface area (Å²) in [6.07, 6.45) is 5.34. The SMILES string of the molecule is CC(=O)N1CCCC(C(=O)N(Cc2ccsc2)C2CC23CCNCC3)C1.Cl. The van der Waals surface area contributed by atoms with E-state index in [9.17, 15) is 9.59 Å². The van der Waals surface area contributed by atoms with Crippen molar-refractivity contribution in [1.29, 1.82) is 0 Å². The number of hydrogen-bond acceptors (Lipinski definition) is 4. The van der Waals surface area contributed by atoms with Crippen LogP contribution in [0, 0.1) is 11.3 Å². The molecule has 1 aromatic heterocycles. The van der Waals surface area contributed by atoms with Gasteiger partial charge in [0, 0.05) is 32.6 Å². The number of nitrogens with zero attached hydrogens (tertiary/aromatic N) is 2. The van der Waals surface area contributed by atoms with Gasteiger partial charge in [-0.25, -0.2) is 0 Å². The standard InChI is InChI=1S/C20H29N3O2S.ClH/c1-15(24)22-9-2-3-17(13-22)19(25)23(12-16-4-10-26-14-16)18-11-20(18)5-7-21-8-6-20;/h4,10,14,17-18,21H,2-3,5-9,11-13H2,1H3;1H. The molecule has 3 heterocycles. The van der Waals surface area contributed by atoms with Crippen LogP contribution in [0.3, 0.4) is 0 Å². The van der Waals surface area contributed by atoms with Gasteiger partial charge >= 0.3 is 0 Å². The van der Waals surface area contributed by atoms with Crippen LogP contribution in [0.15, 0.2) is 16.8 Å². The van der Waals surface area contributed by atoms with Gasteiger partial charge in [0.1, 0.15) is 0 Å². The first-order valence-corrected chi connectivity index (χ1v) is 10.8. The molecule has 2 aliphatic heterocycles. The summed E-state index contributed by atoms with van der Waals surface area (Å²) in [5.74, 6) is 0.321. The molecule has 5 nitrogen and oxygen atoms in total. The first-order chi connectivity index (χ1) is 12.6. The molecule has 3 aliphatic rings. The zero-order valence-electron chi connectivity index (χ0n) is 16.0. The average molecular weight is 412 g/mol. The van der Waals surface area contributed by atoms with Gasteiger partial charge in [0.25, 0.3) is 0 Å². The molecule has 1 saturated carbocycles. The molecule has 0 bridgehead atoms. The van der Waals surface area contributed by atoms with Crippen LogP contribution >= 0.6 is 23.7 Å². The van der Waals surface area contributed by atoms with E-state index in [2.05, 4.69) is 27.0 Å². The van der Waals surface area contributed by atoms with Crippen LogP contribution in [-0.4, -0.2) is 53.8 Å². The number of nitrogens with one attached hydrogen (secondary N) is 1. The van der Waals surface area contributed by atoms with Gasteiger partial charge in [-0.3, -0.25) is 9.59 Å². The van der Waals surface area contributed by atoms with Crippen molar-refractivity contribution in [3.63, 3.8) is 0 Å². The summed E-state index contributed by atoms with van der Waals surface area (Å²) in [6, 6.07) is 2.51. The van der Waals surface area contributed by atoms with Gasteiger partial charge < -0.3 is 15.1 Å². The molecule has 2 unspecified atom stereocenters. The number of piperidine rings is 2. The predicted octanol–water partition coefficient (Wildman–Crippen LogP) is 2.90. The fraction of sp³-hybridized carbons (Fsp3) is 0.700. The predicted molar refractivity (Wildman–Crippen MR) is 110 cm³/mol. The van der Waals surface area contributed by atoms with Gasteiger partial charge in [0.05, 0.1) is 5.92 Å². The summed E-state index contributed by atoms with van der Waals surface area (Å²) >= 11 is 1.69. The van der Waals surface area contributed by atoms with E-state index in [0.717, 1.165) is 45.4 Å². The van der Waals surface area contributed by atoms with Crippen LogP contribution < -0.4 is 5.32 Å². The number of halogens is 1. The van der Waals surface area contributed by atoms with E-state index < -0.39 is 0 Å². The number of likely N-dealkylation sites (tertiary alicyclic amines) is 1. The number of hydrogen-bond donors (Lipinski definition) is 1. The van der Waals surface area contributed by atoms with E-state index >= 15 is 0 Å². The normalized spacial score (nSPS) is 26.3. The van der Waals surface area contributed by atoms with Gasteiger partial charge in [0.2, 0.25) is 11.8 Å². The Labute approximate surface area is 171 Å². The number of rotatable bonds is 4. The van der Waals surface area contributed by atoms with E-state index in [-0.39, 0.29) is 30.1 Å². The molecule has 27 heavy (non-hydrogen) atoms. The fourth-order valence-corrected chi connectivity index (χ4v) is 5.51. The summed E-state index contributed by atoms with van der Waals surface area (Å²) in [5, 5.41) is 7.69. The second kappa shape index (κ2) is 8.50. The van der Waals surface area contributed by atoms with Crippen LogP contribution in [0.25, 0.3) is 0 Å². The Morgan fingerprint density at radius 3 is 2.81 bits per heavy atom.